The minimum Gasteiger partial charge on any atom is -0.508 e. The van der Waals surface area contributed by atoms with Crippen molar-refractivity contribution in [1.29, 1.82) is 0 Å². The van der Waals surface area contributed by atoms with E-state index in [-0.39, 0.29) is 17.2 Å². The van der Waals surface area contributed by atoms with Crippen molar-refractivity contribution in [2.45, 2.75) is 25.8 Å². The maximum absolute atomic E-state index is 12.0. The monoisotopic (exact) mass is 275 g/mol. The summed E-state index contributed by atoms with van der Waals surface area (Å²) in [6.45, 7) is 3.76. The van der Waals surface area contributed by atoms with Gasteiger partial charge in [0.15, 0.2) is 0 Å². The summed E-state index contributed by atoms with van der Waals surface area (Å²) in [5.41, 5.74) is -0.150. The maximum atomic E-state index is 12.0. The average Bonchev–Trinajstić information content (AvgIpc) is 2.20. The molecule has 1 rings (SSSR count). The summed E-state index contributed by atoms with van der Waals surface area (Å²) < 4.78 is 0. The molecule has 94 valence electrons. The van der Waals surface area contributed by atoms with Crippen molar-refractivity contribution < 1.29 is 9.90 Å². The van der Waals surface area contributed by atoms with Gasteiger partial charge in [-0.2, -0.15) is 0 Å². The molecule has 1 aromatic rings. The first kappa shape index (κ1) is 14.1. The normalized spacial score (nSPS) is 11.3. The number of hydrogen-bond donors (Lipinski definition) is 2. The standard InChI is InChI=1S/C12H15Cl2NO2/c1-12(2,5-6-13)15-11(17)9-7-8(16)3-4-10(9)14/h3-4,7,16H,5-6H2,1-2H3,(H,15,17). The molecule has 0 aliphatic heterocycles. The number of phenols is 1. The van der Waals surface area contributed by atoms with Crippen molar-refractivity contribution in [3.8, 4) is 5.75 Å². The van der Waals surface area contributed by atoms with Crippen LogP contribution < -0.4 is 5.32 Å². The van der Waals surface area contributed by atoms with Crippen LogP contribution in [0.3, 0.4) is 0 Å². The molecule has 0 heterocycles. The number of aromatic hydroxyl groups is 1. The number of alkyl halides is 1. The SMILES string of the molecule is CC(C)(CCCl)NC(=O)c1cc(O)ccc1Cl. The lowest BCUT2D eigenvalue weighted by molar-refractivity contribution is 0.0911. The van der Waals surface area contributed by atoms with Crippen LogP contribution in [0.1, 0.15) is 30.6 Å². The van der Waals surface area contributed by atoms with Crippen LogP contribution in [-0.4, -0.2) is 22.4 Å². The number of rotatable bonds is 4. The quantitative estimate of drug-likeness (QED) is 0.830. The molecule has 0 unspecified atom stereocenters. The zero-order chi connectivity index (χ0) is 13.1. The van der Waals surface area contributed by atoms with E-state index in [9.17, 15) is 9.90 Å². The highest BCUT2D eigenvalue weighted by atomic mass is 35.5. The van der Waals surface area contributed by atoms with Crippen molar-refractivity contribution >= 4 is 29.1 Å². The van der Waals surface area contributed by atoms with E-state index >= 15 is 0 Å². The number of carbonyl (C=O) groups excluding carboxylic acids is 1. The Labute approximate surface area is 111 Å². The number of nitrogens with one attached hydrogen (secondary N) is 1. The Balaban J connectivity index is 2.86. The zero-order valence-corrected chi connectivity index (χ0v) is 11.3. The van der Waals surface area contributed by atoms with E-state index in [1.807, 2.05) is 13.8 Å². The van der Waals surface area contributed by atoms with Crippen molar-refractivity contribution in [2.75, 3.05) is 5.88 Å². The van der Waals surface area contributed by atoms with Gasteiger partial charge < -0.3 is 10.4 Å². The van der Waals surface area contributed by atoms with Gasteiger partial charge in [0.1, 0.15) is 5.75 Å². The Kier molecular flexibility index (Phi) is 4.66. The van der Waals surface area contributed by atoms with Crippen LogP contribution >= 0.6 is 23.2 Å². The van der Waals surface area contributed by atoms with Crippen LogP contribution in [0.15, 0.2) is 18.2 Å². The molecule has 3 nitrogen and oxygen atoms in total. The topological polar surface area (TPSA) is 49.3 Å². The third-order valence-corrected chi connectivity index (χ3v) is 2.88. The molecule has 0 atom stereocenters. The van der Waals surface area contributed by atoms with E-state index in [1.165, 1.54) is 18.2 Å². The minimum absolute atomic E-state index is 0.00898. The molecular weight excluding hydrogens is 261 g/mol. The minimum atomic E-state index is -0.409. The van der Waals surface area contributed by atoms with Gasteiger partial charge in [0.05, 0.1) is 10.6 Å². The Morgan fingerprint density at radius 1 is 1.47 bits per heavy atom. The molecule has 0 saturated carbocycles. The number of hydrogen-bond acceptors (Lipinski definition) is 2. The molecule has 17 heavy (non-hydrogen) atoms. The Morgan fingerprint density at radius 2 is 2.12 bits per heavy atom. The molecular formula is C12H15Cl2NO2. The van der Waals surface area contributed by atoms with Crippen LogP contribution in [0.25, 0.3) is 0 Å². The van der Waals surface area contributed by atoms with Crippen molar-refractivity contribution in [3.05, 3.63) is 28.8 Å². The predicted molar refractivity (Wildman–Crippen MR) is 70.0 cm³/mol. The van der Waals surface area contributed by atoms with Gasteiger partial charge in [0, 0.05) is 11.4 Å². The van der Waals surface area contributed by atoms with Gasteiger partial charge in [-0.3, -0.25) is 4.79 Å². The fourth-order valence-electron chi connectivity index (χ4n) is 1.36. The molecule has 0 saturated heterocycles. The molecule has 0 aliphatic carbocycles. The summed E-state index contributed by atoms with van der Waals surface area (Å²) in [6.07, 6.45) is 0.650. The van der Waals surface area contributed by atoms with Crippen LogP contribution in [-0.2, 0) is 0 Å². The van der Waals surface area contributed by atoms with Crippen LogP contribution in [0.5, 0.6) is 5.75 Å². The fourth-order valence-corrected chi connectivity index (χ4v) is 2.04. The molecule has 0 spiro atoms. The van der Waals surface area contributed by atoms with Crippen molar-refractivity contribution in [1.82, 2.24) is 5.32 Å². The van der Waals surface area contributed by atoms with E-state index in [4.69, 9.17) is 23.2 Å². The third-order valence-electron chi connectivity index (χ3n) is 2.37. The first-order chi connectivity index (χ1) is 7.85. The predicted octanol–water partition coefficient (Wildman–Crippen LogP) is 3.18. The van der Waals surface area contributed by atoms with E-state index in [0.29, 0.717) is 17.3 Å². The summed E-state index contributed by atoms with van der Waals surface area (Å²) in [6, 6.07) is 4.26. The molecule has 0 radical (unpaired) electrons. The second-order valence-corrected chi connectivity index (χ2v) is 5.23. The van der Waals surface area contributed by atoms with E-state index in [1.54, 1.807) is 0 Å². The van der Waals surface area contributed by atoms with Gasteiger partial charge in [0.2, 0.25) is 0 Å². The highest BCUT2D eigenvalue weighted by molar-refractivity contribution is 6.33. The highest BCUT2D eigenvalue weighted by Gasteiger charge is 2.21. The average molecular weight is 276 g/mol. The van der Waals surface area contributed by atoms with Crippen molar-refractivity contribution in [2.24, 2.45) is 0 Å². The molecule has 0 aromatic heterocycles. The summed E-state index contributed by atoms with van der Waals surface area (Å²) >= 11 is 11.6. The molecule has 1 aromatic carbocycles. The molecule has 2 N–H and O–H groups in total. The molecule has 0 bridgehead atoms. The first-order valence-corrected chi connectivity index (χ1v) is 6.14. The van der Waals surface area contributed by atoms with Gasteiger partial charge in [0.25, 0.3) is 5.91 Å². The van der Waals surface area contributed by atoms with Gasteiger partial charge in [-0.25, -0.2) is 0 Å². The summed E-state index contributed by atoms with van der Waals surface area (Å²) in [4.78, 5) is 12.0. The molecule has 5 heteroatoms. The van der Waals surface area contributed by atoms with Crippen LogP contribution in [0, 0.1) is 0 Å². The number of halogens is 2. The number of phenolic OH excluding ortho intramolecular Hbond substituents is 1. The Hall–Kier alpha value is -0.930. The lowest BCUT2D eigenvalue weighted by atomic mass is 10.0. The first-order valence-electron chi connectivity index (χ1n) is 5.23. The van der Waals surface area contributed by atoms with E-state index in [2.05, 4.69) is 5.32 Å². The third kappa shape index (κ3) is 4.10. The number of carbonyl (C=O) groups is 1. The van der Waals surface area contributed by atoms with Gasteiger partial charge in [-0.15, -0.1) is 11.6 Å². The lowest BCUT2D eigenvalue weighted by Gasteiger charge is -2.25. The van der Waals surface area contributed by atoms with Gasteiger partial charge >= 0.3 is 0 Å². The van der Waals surface area contributed by atoms with Crippen LogP contribution in [0.2, 0.25) is 5.02 Å². The maximum Gasteiger partial charge on any atom is 0.253 e. The van der Waals surface area contributed by atoms with Crippen molar-refractivity contribution in [3.63, 3.8) is 0 Å². The fraction of sp³-hybridized carbons (Fsp3) is 0.417. The molecule has 0 aliphatic rings. The summed E-state index contributed by atoms with van der Waals surface area (Å²) in [5.74, 6) is 0.150. The smallest absolute Gasteiger partial charge is 0.253 e. The second-order valence-electron chi connectivity index (χ2n) is 4.44. The van der Waals surface area contributed by atoms with Gasteiger partial charge in [-0.05, 0) is 38.5 Å². The zero-order valence-electron chi connectivity index (χ0n) is 9.76. The Morgan fingerprint density at radius 3 is 2.71 bits per heavy atom. The molecule has 1 amide bonds. The largest absolute Gasteiger partial charge is 0.508 e. The van der Waals surface area contributed by atoms with E-state index < -0.39 is 5.54 Å². The highest BCUT2D eigenvalue weighted by Crippen LogP contribution is 2.22. The summed E-state index contributed by atoms with van der Waals surface area (Å²) in [5, 5.41) is 12.5. The summed E-state index contributed by atoms with van der Waals surface area (Å²) in [7, 11) is 0. The van der Waals surface area contributed by atoms with Crippen LogP contribution in [0.4, 0.5) is 0 Å². The number of amides is 1. The van der Waals surface area contributed by atoms with Gasteiger partial charge in [-0.1, -0.05) is 11.6 Å². The lowest BCUT2D eigenvalue weighted by Crippen LogP contribution is -2.43. The Bertz CT molecular complexity index is 419. The second kappa shape index (κ2) is 5.61. The van der Waals surface area contributed by atoms with E-state index in [0.717, 1.165) is 0 Å². The molecule has 0 fully saturated rings. The number of benzene rings is 1.